The zero-order valence-electron chi connectivity index (χ0n) is 18.1. The molecule has 2 aromatic carbocycles. The predicted molar refractivity (Wildman–Crippen MR) is 127 cm³/mol. The summed E-state index contributed by atoms with van der Waals surface area (Å²) in [6.45, 7) is 1.51. The molecule has 172 valence electrons. The van der Waals surface area contributed by atoms with Crippen LogP contribution >= 0.6 is 11.3 Å². The Morgan fingerprint density at radius 1 is 1.09 bits per heavy atom. The van der Waals surface area contributed by atoms with E-state index in [4.69, 9.17) is 0 Å². The van der Waals surface area contributed by atoms with Crippen molar-refractivity contribution in [2.24, 2.45) is 0 Å². The topological polar surface area (TPSA) is 113 Å². The van der Waals surface area contributed by atoms with Gasteiger partial charge in [0.2, 0.25) is 10.0 Å². The third-order valence-corrected chi connectivity index (χ3v) is 7.49. The Kier molecular flexibility index (Phi) is 6.08. The number of carbonyl (C=O) groups excluding carboxylic acids is 3. The minimum Gasteiger partial charge on any atom is -0.319 e. The lowest BCUT2D eigenvalue weighted by Crippen LogP contribution is -2.41. The first kappa shape index (κ1) is 23.1. The number of nitrogens with one attached hydrogen (secondary N) is 2. The maximum Gasteiger partial charge on any atom is 0.325 e. The number of hydrogen-bond donors (Lipinski definition) is 2. The van der Waals surface area contributed by atoms with E-state index < -0.39 is 27.5 Å². The van der Waals surface area contributed by atoms with Crippen LogP contribution in [0.5, 0.6) is 0 Å². The van der Waals surface area contributed by atoms with Gasteiger partial charge in [-0.25, -0.2) is 17.9 Å². The molecule has 0 spiro atoms. The zero-order chi connectivity index (χ0) is 23.8. The largest absolute Gasteiger partial charge is 0.325 e. The number of amides is 3. The number of carbonyl (C=O) groups is 3. The fourth-order valence-corrected chi connectivity index (χ4v) is 5.34. The van der Waals surface area contributed by atoms with E-state index in [0.717, 1.165) is 26.8 Å². The molecule has 0 bridgehead atoms. The molecular weight excluding hydrogens is 462 g/mol. The molecule has 4 rings (SSSR count). The van der Waals surface area contributed by atoms with Gasteiger partial charge >= 0.3 is 6.03 Å². The van der Waals surface area contributed by atoms with Gasteiger partial charge in [-0.3, -0.25) is 14.5 Å². The van der Waals surface area contributed by atoms with Crippen molar-refractivity contribution in [2.45, 2.75) is 18.9 Å². The Balaban J connectivity index is 1.50. The second kappa shape index (κ2) is 8.69. The van der Waals surface area contributed by atoms with Crippen molar-refractivity contribution >= 4 is 49.9 Å². The number of imide groups is 1. The van der Waals surface area contributed by atoms with Crippen molar-refractivity contribution in [3.8, 4) is 0 Å². The Hall–Kier alpha value is -3.08. The molecule has 1 fully saturated rings. The Morgan fingerprint density at radius 2 is 1.82 bits per heavy atom. The van der Waals surface area contributed by atoms with Crippen molar-refractivity contribution in [1.82, 2.24) is 14.9 Å². The number of rotatable bonds is 8. The van der Waals surface area contributed by atoms with E-state index in [1.807, 2.05) is 42.5 Å². The Bertz CT molecular complexity index is 1360. The lowest BCUT2D eigenvalue weighted by Gasteiger charge is -2.24. The van der Waals surface area contributed by atoms with E-state index in [1.54, 1.807) is 19.1 Å². The van der Waals surface area contributed by atoms with E-state index in [0.29, 0.717) is 16.9 Å². The van der Waals surface area contributed by atoms with Crippen LogP contribution in [0.4, 0.5) is 4.79 Å². The van der Waals surface area contributed by atoms with Crippen LogP contribution in [0.15, 0.2) is 54.6 Å². The highest BCUT2D eigenvalue weighted by atomic mass is 32.2. The number of Topliss-reactive ketones (excluding diaryl/α,β-unsaturated/α-hetero) is 1. The Labute approximate surface area is 195 Å². The predicted octanol–water partition coefficient (Wildman–Crippen LogP) is 2.64. The molecule has 33 heavy (non-hydrogen) atoms. The van der Waals surface area contributed by atoms with Crippen LogP contribution in [0.3, 0.4) is 0 Å². The average molecular weight is 486 g/mol. The van der Waals surface area contributed by atoms with Gasteiger partial charge in [0.15, 0.2) is 5.78 Å². The highest BCUT2D eigenvalue weighted by Crippen LogP contribution is 2.34. The zero-order valence-corrected chi connectivity index (χ0v) is 19.8. The number of fused-ring (bicyclic) bond motifs is 1. The highest BCUT2D eigenvalue weighted by molar-refractivity contribution is 7.88. The normalized spacial score (nSPS) is 18.7. The number of urea groups is 1. The van der Waals surface area contributed by atoms with Crippen LogP contribution in [0.1, 0.15) is 27.0 Å². The van der Waals surface area contributed by atoms with Gasteiger partial charge in [-0.15, -0.1) is 11.3 Å². The number of hydrogen-bond acceptors (Lipinski definition) is 6. The summed E-state index contributed by atoms with van der Waals surface area (Å²) < 4.78 is 24.8. The maximum absolute atomic E-state index is 13.3. The summed E-state index contributed by atoms with van der Waals surface area (Å²) in [6.07, 6.45) is 1.52. The quantitative estimate of drug-likeness (QED) is 0.376. The lowest BCUT2D eigenvalue weighted by atomic mass is 9.88. The molecular formula is C23H23N3O5S2. The number of benzene rings is 2. The van der Waals surface area contributed by atoms with Gasteiger partial charge in [-0.2, -0.15) is 0 Å². The van der Waals surface area contributed by atoms with Crippen LogP contribution in [0.25, 0.3) is 10.8 Å². The third-order valence-electron chi connectivity index (χ3n) is 5.58. The third kappa shape index (κ3) is 4.68. The maximum atomic E-state index is 13.3. The second-order valence-corrected chi connectivity index (χ2v) is 11.1. The fraction of sp³-hybridized carbons (Fsp3) is 0.261. The van der Waals surface area contributed by atoms with Crippen LogP contribution < -0.4 is 10.0 Å². The monoisotopic (exact) mass is 485 g/mol. The van der Waals surface area contributed by atoms with Gasteiger partial charge in [-0.1, -0.05) is 42.5 Å². The van der Waals surface area contributed by atoms with Gasteiger partial charge in [0.25, 0.3) is 5.91 Å². The first-order chi connectivity index (χ1) is 15.6. The Morgan fingerprint density at radius 3 is 2.58 bits per heavy atom. The minimum absolute atomic E-state index is 0.226. The first-order valence-corrected chi connectivity index (χ1v) is 13.0. The molecule has 1 aromatic heterocycles. The summed E-state index contributed by atoms with van der Waals surface area (Å²) in [5.41, 5.74) is -0.610. The van der Waals surface area contributed by atoms with Gasteiger partial charge < -0.3 is 5.32 Å². The molecule has 2 heterocycles. The van der Waals surface area contributed by atoms with Gasteiger partial charge in [0.05, 0.1) is 17.7 Å². The van der Waals surface area contributed by atoms with Gasteiger partial charge in [0.1, 0.15) is 5.54 Å². The van der Waals surface area contributed by atoms with Crippen molar-refractivity contribution in [3.63, 3.8) is 0 Å². The molecule has 1 saturated heterocycles. The summed E-state index contributed by atoms with van der Waals surface area (Å²) in [5.74, 6) is -0.834. The van der Waals surface area contributed by atoms with Crippen molar-refractivity contribution in [3.05, 3.63) is 69.9 Å². The molecule has 1 aliphatic rings. The molecule has 0 saturated carbocycles. The molecule has 0 radical (unpaired) electrons. The molecule has 0 aliphatic carbocycles. The molecule has 1 aliphatic heterocycles. The summed E-state index contributed by atoms with van der Waals surface area (Å²) in [7, 11) is -3.28. The van der Waals surface area contributed by atoms with E-state index in [1.165, 1.54) is 11.3 Å². The standard InChI is InChI=1S/C23H23N3O5S2/c1-23(18-9-5-7-15-6-3-4-8-17(15)18)21(28)26(22(29)25-23)14-19(27)20-11-10-16(32-20)12-13-24-33(2,30)31/h3-11,24H,12-14H2,1-2H3,(H,25,29)/t23-/m0/s1. The van der Waals surface area contributed by atoms with Crippen LogP contribution in [0, 0.1) is 0 Å². The summed E-state index contributed by atoms with van der Waals surface area (Å²) >= 11 is 1.22. The molecule has 2 N–H and O–H groups in total. The first-order valence-electron chi connectivity index (χ1n) is 10.3. The van der Waals surface area contributed by atoms with Crippen molar-refractivity contribution in [1.29, 1.82) is 0 Å². The van der Waals surface area contributed by atoms with Gasteiger partial charge in [-0.05, 0) is 41.8 Å². The van der Waals surface area contributed by atoms with Crippen LogP contribution in [0.2, 0.25) is 0 Å². The summed E-state index contributed by atoms with van der Waals surface area (Å²) in [6, 6.07) is 15.9. The number of ketones is 1. The van der Waals surface area contributed by atoms with Crippen molar-refractivity contribution in [2.75, 3.05) is 19.3 Å². The van der Waals surface area contributed by atoms with Crippen LogP contribution in [-0.2, 0) is 26.8 Å². The molecule has 0 unspecified atom stereocenters. The molecule has 3 amide bonds. The molecule has 8 nitrogen and oxygen atoms in total. The number of sulfonamides is 1. The highest BCUT2D eigenvalue weighted by Gasteiger charge is 2.50. The molecule has 1 atom stereocenters. The van der Waals surface area contributed by atoms with E-state index in [-0.39, 0.29) is 18.9 Å². The minimum atomic E-state index is -3.28. The second-order valence-electron chi connectivity index (χ2n) is 8.08. The summed E-state index contributed by atoms with van der Waals surface area (Å²) in [5, 5.41) is 4.57. The van der Waals surface area contributed by atoms with Crippen molar-refractivity contribution < 1.29 is 22.8 Å². The SMILES string of the molecule is C[C@@]1(c2cccc3ccccc23)NC(=O)N(CC(=O)c2ccc(CCNS(C)(=O)=O)s2)C1=O. The van der Waals surface area contributed by atoms with E-state index >= 15 is 0 Å². The summed E-state index contributed by atoms with van der Waals surface area (Å²) in [4.78, 5) is 41.0. The lowest BCUT2D eigenvalue weighted by molar-refractivity contribution is -0.130. The fourth-order valence-electron chi connectivity index (χ4n) is 3.93. The molecule has 10 heteroatoms. The van der Waals surface area contributed by atoms with Crippen LogP contribution in [-0.4, -0.2) is 50.4 Å². The molecule has 3 aromatic rings. The number of nitrogens with zero attached hydrogens (tertiary/aromatic N) is 1. The van der Waals surface area contributed by atoms with E-state index in [2.05, 4.69) is 10.0 Å². The van der Waals surface area contributed by atoms with Gasteiger partial charge in [0, 0.05) is 11.4 Å². The number of thiophene rings is 1. The van der Waals surface area contributed by atoms with E-state index in [9.17, 15) is 22.8 Å². The average Bonchev–Trinajstić information content (AvgIpc) is 3.31. The smallest absolute Gasteiger partial charge is 0.319 e.